The van der Waals surface area contributed by atoms with Crippen molar-refractivity contribution in [3.8, 4) is 0 Å². The highest BCUT2D eigenvalue weighted by atomic mass is 16.4. The van der Waals surface area contributed by atoms with Gasteiger partial charge in [-0.3, -0.25) is 4.79 Å². The van der Waals surface area contributed by atoms with E-state index in [2.05, 4.69) is 13.8 Å². The van der Waals surface area contributed by atoms with E-state index >= 15 is 0 Å². The summed E-state index contributed by atoms with van der Waals surface area (Å²) < 4.78 is 0. The first-order valence-electron chi connectivity index (χ1n) is 12.3. The van der Waals surface area contributed by atoms with Gasteiger partial charge >= 0.3 is 5.97 Å². The van der Waals surface area contributed by atoms with Gasteiger partial charge in [-0.1, -0.05) is 129 Å². The van der Waals surface area contributed by atoms with Crippen LogP contribution >= 0.6 is 0 Å². The average Bonchev–Trinajstić information content (AvgIpc) is 2.65. The Morgan fingerprint density at radius 3 is 1.11 bits per heavy atom. The molecule has 0 bridgehead atoms. The molecule has 2 heteroatoms. The van der Waals surface area contributed by atoms with E-state index in [1.54, 1.807) is 0 Å². The van der Waals surface area contributed by atoms with Gasteiger partial charge in [0, 0.05) is 0 Å². The highest BCUT2D eigenvalue weighted by molar-refractivity contribution is 5.74. The minimum atomic E-state index is -0.589. The highest BCUT2D eigenvalue weighted by Crippen LogP contribution is 2.31. The summed E-state index contributed by atoms with van der Waals surface area (Å²) in [6.45, 7) is 6.44. The van der Waals surface area contributed by atoms with Crippen LogP contribution in [0.2, 0.25) is 0 Å². The summed E-state index contributed by atoms with van der Waals surface area (Å²) >= 11 is 0. The van der Waals surface area contributed by atoms with E-state index in [1.807, 2.05) is 6.92 Å². The van der Waals surface area contributed by atoms with Crippen molar-refractivity contribution in [3.05, 3.63) is 0 Å². The van der Waals surface area contributed by atoms with Gasteiger partial charge in [0.25, 0.3) is 0 Å². The second kappa shape index (κ2) is 18.8. The van der Waals surface area contributed by atoms with Crippen LogP contribution in [-0.2, 0) is 4.79 Å². The molecule has 0 saturated carbocycles. The molecule has 0 saturated heterocycles. The van der Waals surface area contributed by atoms with Gasteiger partial charge in [-0.25, -0.2) is 0 Å². The van der Waals surface area contributed by atoms with E-state index in [4.69, 9.17) is 0 Å². The van der Waals surface area contributed by atoms with E-state index in [9.17, 15) is 9.90 Å². The minimum Gasteiger partial charge on any atom is -0.481 e. The number of unbranched alkanes of at least 4 members (excludes halogenated alkanes) is 16. The van der Waals surface area contributed by atoms with Crippen molar-refractivity contribution in [2.45, 2.75) is 149 Å². The monoisotopic (exact) mass is 382 g/mol. The molecule has 0 heterocycles. The second-order valence-electron chi connectivity index (χ2n) is 9.02. The molecule has 162 valence electrons. The Kier molecular flexibility index (Phi) is 18.4. The van der Waals surface area contributed by atoms with Gasteiger partial charge in [0.1, 0.15) is 0 Å². The number of hydrogen-bond donors (Lipinski definition) is 1. The lowest BCUT2D eigenvalue weighted by atomic mass is 9.80. The van der Waals surface area contributed by atoms with Crippen molar-refractivity contribution >= 4 is 5.97 Å². The van der Waals surface area contributed by atoms with Gasteiger partial charge in [-0.05, 0) is 19.8 Å². The quantitative estimate of drug-likeness (QED) is 0.201. The van der Waals surface area contributed by atoms with Crippen LogP contribution in [0.25, 0.3) is 0 Å². The summed E-state index contributed by atoms with van der Waals surface area (Å²) in [5.74, 6) is -0.589. The second-order valence-corrected chi connectivity index (χ2v) is 9.02. The standard InChI is InChI=1S/C25H50O2/c1-4-6-8-10-11-12-13-14-15-16-17-18-19-21-23-25(3,24(26)27)22-20-9-7-5-2/h4-23H2,1-3H3,(H,26,27). The topological polar surface area (TPSA) is 37.3 Å². The zero-order chi connectivity index (χ0) is 20.2. The van der Waals surface area contributed by atoms with Crippen molar-refractivity contribution in [1.82, 2.24) is 0 Å². The Morgan fingerprint density at radius 1 is 0.556 bits per heavy atom. The predicted molar refractivity (Wildman–Crippen MR) is 119 cm³/mol. The third-order valence-electron chi connectivity index (χ3n) is 6.18. The SMILES string of the molecule is CCCCCCCCCCCCCCCCC(C)(CCCCCC)C(=O)O. The fraction of sp³-hybridized carbons (Fsp3) is 0.960. The number of hydrogen-bond acceptors (Lipinski definition) is 1. The van der Waals surface area contributed by atoms with Crippen LogP contribution in [0.4, 0.5) is 0 Å². The molecule has 0 aromatic carbocycles. The summed E-state index contributed by atoms with van der Waals surface area (Å²) in [5.41, 5.74) is -0.495. The summed E-state index contributed by atoms with van der Waals surface area (Å²) in [7, 11) is 0. The molecule has 0 aliphatic rings. The van der Waals surface area contributed by atoms with Crippen LogP contribution in [0.3, 0.4) is 0 Å². The van der Waals surface area contributed by atoms with Crippen molar-refractivity contribution in [1.29, 1.82) is 0 Å². The first-order valence-corrected chi connectivity index (χ1v) is 12.3. The van der Waals surface area contributed by atoms with Crippen LogP contribution < -0.4 is 0 Å². The molecule has 0 aromatic heterocycles. The summed E-state index contributed by atoms with van der Waals surface area (Å²) in [5, 5.41) is 9.59. The van der Waals surface area contributed by atoms with Gasteiger partial charge in [0.2, 0.25) is 0 Å². The first kappa shape index (κ1) is 26.5. The van der Waals surface area contributed by atoms with Crippen LogP contribution in [0.1, 0.15) is 149 Å². The molecule has 1 N–H and O–H groups in total. The minimum absolute atomic E-state index is 0.495. The maximum absolute atomic E-state index is 11.6. The van der Waals surface area contributed by atoms with E-state index < -0.39 is 11.4 Å². The van der Waals surface area contributed by atoms with Gasteiger partial charge < -0.3 is 5.11 Å². The third-order valence-corrected chi connectivity index (χ3v) is 6.18. The lowest BCUT2D eigenvalue weighted by Gasteiger charge is -2.24. The highest BCUT2D eigenvalue weighted by Gasteiger charge is 2.31. The van der Waals surface area contributed by atoms with E-state index in [1.165, 1.54) is 103 Å². The van der Waals surface area contributed by atoms with E-state index in [0.717, 1.165) is 25.7 Å². The zero-order valence-corrected chi connectivity index (χ0v) is 19.0. The van der Waals surface area contributed by atoms with E-state index in [0.29, 0.717) is 0 Å². The van der Waals surface area contributed by atoms with Crippen molar-refractivity contribution in [3.63, 3.8) is 0 Å². The third kappa shape index (κ3) is 16.2. The number of carboxylic acid groups (broad SMARTS) is 1. The van der Waals surface area contributed by atoms with Gasteiger partial charge in [0.05, 0.1) is 5.41 Å². The Balaban J connectivity index is 3.50. The van der Waals surface area contributed by atoms with Crippen LogP contribution in [0, 0.1) is 5.41 Å². The van der Waals surface area contributed by atoms with Crippen LogP contribution in [0.5, 0.6) is 0 Å². The maximum atomic E-state index is 11.6. The summed E-state index contributed by atoms with van der Waals surface area (Å²) in [6.07, 6.45) is 25.3. The molecule has 27 heavy (non-hydrogen) atoms. The zero-order valence-electron chi connectivity index (χ0n) is 19.0. The molecule has 2 nitrogen and oxygen atoms in total. The van der Waals surface area contributed by atoms with Crippen molar-refractivity contribution in [2.24, 2.45) is 5.41 Å². The van der Waals surface area contributed by atoms with Gasteiger partial charge in [-0.15, -0.1) is 0 Å². The van der Waals surface area contributed by atoms with Crippen LogP contribution in [0.15, 0.2) is 0 Å². The smallest absolute Gasteiger partial charge is 0.309 e. The van der Waals surface area contributed by atoms with Gasteiger partial charge in [-0.2, -0.15) is 0 Å². The molecular formula is C25H50O2. The fourth-order valence-corrected chi connectivity index (χ4v) is 3.99. The van der Waals surface area contributed by atoms with E-state index in [-0.39, 0.29) is 0 Å². The molecule has 0 rings (SSSR count). The van der Waals surface area contributed by atoms with Crippen molar-refractivity contribution in [2.75, 3.05) is 0 Å². The molecule has 1 atom stereocenters. The maximum Gasteiger partial charge on any atom is 0.309 e. The molecule has 0 amide bonds. The summed E-state index contributed by atoms with van der Waals surface area (Å²) in [4.78, 5) is 11.6. The molecule has 0 radical (unpaired) electrons. The average molecular weight is 383 g/mol. The normalized spacial score (nSPS) is 13.6. The Hall–Kier alpha value is -0.530. The van der Waals surface area contributed by atoms with Crippen molar-refractivity contribution < 1.29 is 9.90 Å². The number of aliphatic carboxylic acids is 1. The molecular weight excluding hydrogens is 332 g/mol. The summed E-state index contributed by atoms with van der Waals surface area (Å²) in [6, 6.07) is 0. The van der Waals surface area contributed by atoms with Crippen LogP contribution in [-0.4, -0.2) is 11.1 Å². The number of carboxylic acids is 1. The fourth-order valence-electron chi connectivity index (χ4n) is 3.99. The molecule has 0 fully saturated rings. The molecule has 0 aliphatic carbocycles. The van der Waals surface area contributed by atoms with Gasteiger partial charge in [0.15, 0.2) is 0 Å². The first-order chi connectivity index (χ1) is 13.1. The molecule has 1 unspecified atom stereocenters. The molecule has 0 spiro atoms. The Labute approximate surface area is 170 Å². The largest absolute Gasteiger partial charge is 0.481 e. The number of rotatable bonds is 21. The Morgan fingerprint density at radius 2 is 0.815 bits per heavy atom. The number of carbonyl (C=O) groups is 1. The Bertz CT molecular complexity index is 326. The molecule has 0 aliphatic heterocycles. The lowest BCUT2D eigenvalue weighted by Crippen LogP contribution is -2.27. The predicted octanol–water partition coefficient (Wildman–Crippen LogP) is 8.92. The molecule has 0 aromatic rings. The lowest BCUT2D eigenvalue weighted by molar-refractivity contribution is -0.149.